The molecule has 6 heteroatoms. The molecule has 126 valence electrons. The number of aryl methyl sites for hydroxylation is 1. The molecule has 25 heavy (non-hydrogen) atoms. The fraction of sp³-hybridized carbons (Fsp3) is 0.316. The number of rotatable bonds is 5. The van der Waals surface area contributed by atoms with Crippen molar-refractivity contribution in [2.75, 3.05) is 5.88 Å². The van der Waals surface area contributed by atoms with Gasteiger partial charge in [-0.15, -0.1) is 11.6 Å². The van der Waals surface area contributed by atoms with Crippen LogP contribution < -0.4 is 0 Å². The van der Waals surface area contributed by atoms with Gasteiger partial charge in [-0.3, -0.25) is 0 Å². The van der Waals surface area contributed by atoms with E-state index < -0.39 is 0 Å². The largest absolute Gasteiger partial charge is 0.339 e. The second kappa shape index (κ2) is 5.85. The molecule has 5 nitrogen and oxygen atoms in total. The molecule has 3 heterocycles. The second-order valence-electron chi connectivity index (χ2n) is 6.53. The molecular formula is C19H17ClN4O. The third-order valence-corrected chi connectivity index (χ3v) is 5.04. The van der Waals surface area contributed by atoms with Gasteiger partial charge >= 0.3 is 0 Å². The van der Waals surface area contributed by atoms with Gasteiger partial charge in [0, 0.05) is 34.6 Å². The molecule has 4 aromatic rings. The Morgan fingerprint density at radius 2 is 2.04 bits per heavy atom. The van der Waals surface area contributed by atoms with Crippen LogP contribution in [0.5, 0.6) is 0 Å². The molecule has 0 aliphatic heterocycles. The molecule has 1 fully saturated rings. The highest BCUT2D eigenvalue weighted by Gasteiger charge is 2.29. The summed E-state index contributed by atoms with van der Waals surface area (Å²) in [5, 5.41) is 6.46. The van der Waals surface area contributed by atoms with Crippen LogP contribution in [0.2, 0.25) is 0 Å². The highest BCUT2D eigenvalue weighted by atomic mass is 35.5. The summed E-state index contributed by atoms with van der Waals surface area (Å²) in [5.41, 5.74) is 3.04. The van der Waals surface area contributed by atoms with Crippen molar-refractivity contribution in [1.29, 1.82) is 0 Å². The molecule has 1 saturated carbocycles. The van der Waals surface area contributed by atoms with E-state index in [1.807, 2.05) is 6.20 Å². The van der Waals surface area contributed by atoms with Crippen LogP contribution in [0.3, 0.4) is 0 Å². The van der Waals surface area contributed by atoms with Crippen molar-refractivity contribution in [3.05, 3.63) is 42.4 Å². The maximum absolute atomic E-state index is 5.90. The number of benzene rings is 1. The van der Waals surface area contributed by atoms with Crippen LogP contribution in [0, 0.1) is 0 Å². The molecular weight excluding hydrogens is 336 g/mol. The van der Waals surface area contributed by atoms with Crippen LogP contribution in [-0.4, -0.2) is 25.6 Å². The Labute approximate surface area is 149 Å². The molecule has 0 radical (unpaired) electrons. The lowest BCUT2D eigenvalue weighted by Gasteiger charge is -2.05. The summed E-state index contributed by atoms with van der Waals surface area (Å²) in [5.74, 6) is 2.42. The van der Waals surface area contributed by atoms with E-state index in [0.29, 0.717) is 17.7 Å². The summed E-state index contributed by atoms with van der Waals surface area (Å²) < 4.78 is 7.72. The molecule has 1 aromatic carbocycles. The molecule has 3 aromatic heterocycles. The summed E-state index contributed by atoms with van der Waals surface area (Å²) in [6.45, 7) is 0.876. The Bertz CT molecular complexity index is 1060. The predicted molar refractivity (Wildman–Crippen MR) is 97.8 cm³/mol. The first-order chi connectivity index (χ1) is 12.3. The van der Waals surface area contributed by atoms with Crippen LogP contribution >= 0.6 is 11.6 Å². The SMILES string of the molecule is ClCCCn1c2ccccc2c2cc(-c3nc(C4CC4)no3)ncc21. The standard InChI is InChI=1S/C19H17ClN4O/c20-8-3-9-24-16-5-2-1-4-13(16)14-10-15(21-11-17(14)24)19-22-18(23-25-19)12-6-7-12/h1-2,4-5,10-12H,3,6-9H2. The van der Waals surface area contributed by atoms with Crippen molar-refractivity contribution in [3.8, 4) is 11.6 Å². The zero-order chi connectivity index (χ0) is 16.8. The fourth-order valence-electron chi connectivity index (χ4n) is 3.37. The third-order valence-electron chi connectivity index (χ3n) is 4.78. The zero-order valence-corrected chi connectivity index (χ0v) is 14.4. The van der Waals surface area contributed by atoms with Crippen molar-refractivity contribution in [1.82, 2.24) is 19.7 Å². The minimum atomic E-state index is 0.471. The van der Waals surface area contributed by atoms with Gasteiger partial charge in [-0.25, -0.2) is 4.98 Å². The molecule has 1 aliphatic rings. The van der Waals surface area contributed by atoms with Gasteiger partial charge in [-0.1, -0.05) is 23.4 Å². The molecule has 0 spiro atoms. The minimum absolute atomic E-state index is 0.471. The van der Waals surface area contributed by atoms with Crippen LogP contribution in [-0.2, 0) is 6.54 Å². The Balaban J connectivity index is 1.66. The second-order valence-corrected chi connectivity index (χ2v) is 6.91. The smallest absolute Gasteiger partial charge is 0.276 e. The first kappa shape index (κ1) is 14.9. The van der Waals surface area contributed by atoms with Crippen molar-refractivity contribution in [2.24, 2.45) is 0 Å². The average Bonchev–Trinajstić information content (AvgIpc) is 3.30. The monoisotopic (exact) mass is 352 g/mol. The molecule has 0 N–H and O–H groups in total. The Morgan fingerprint density at radius 3 is 2.88 bits per heavy atom. The number of pyridine rings is 1. The van der Waals surface area contributed by atoms with E-state index in [4.69, 9.17) is 16.1 Å². The first-order valence-electron chi connectivity index (χ1n) is 8.62. The highest BCUT2D eigenvalue weighted by Crippen LogP contribution is 2.39. The Morgan fingerprint density at radius 1 is 1.16 bits per heavy atom. The normalized spacial score (nSPS) is 14.6. The number of aromatic nitrogens is 4. The lowest BCUT2D eigenvalue weighted by atomic mass is 10.1. The van der Waals surface area contributed by atoms with Gasteiger partial charge in [0.05, 0.1) is 11.7 Å². The first-order valence-corrected chi connectivity index (χ1v) is 9.15. The van der Waals surface area contributed by atoms with Gasteiger partial charge in [0.2, 0.25) is 0 Å². The number of halogens is 1. The summed E-state index contributed by atoms with van der Waals surface area (Å²) in [6, 6.07) is 10.5. The average molecular weight is 353 g/mol. The van der Waals surface area contributed by atoms with E-state index in [0.717, 1.165) is 48.2 Å². The van der Waals surface area contributed by atoms with E-state index in [9.17, 15) is 0 Å². The van der Waals surface area contributed by atoms with E-state index in [-0.39, 0.29) is 0 Å². The van der Waals surface area contributed by atoms with E-state index in [1.54, 1.807) is 0 Å². The van der Waals surface area contributed by atoms with Gasteiger partial charge < -0.3 is 9.09 Å². The summed E-state index contributed by atoms with van der Waals surface area (Å²) in [6.07, 6.45) is 5.13. The zero-order valence-electron chi connectivity index (χ0n) is 13.7. The Kier molecular flexibility index (Phi) is 3.48. The van der Waals surface area contributed by atoms with E-state index >= 15 is 0 Å². The molecule has 0 amide bonds. The summed E-state index contributed by atoms with van der Waals surface area (Å²) in [4.78, 5) is 9.11. The number of hydrogen-bond donors (Lipinski definition) is 0. The highest BCUT2D eigenvalue weighted by molar-refractivity contribution is 6.17. The van der Waals surface area contributed by atoms with Crippen LogP contribution in [0.1, 0.15) is 31.0 Å². The maximum Gasteiger partial charge on any atom is 0.276 e. The Hall–Kier alpha value is -2.40. The van der Waals surface area contributed by atoms with Gasteiger partial charge in [0.25, 0.3) is 5.89 Å². The van der Waals surface area contributed by atoms with Crippen molar-refractivity contribution in [3.63, 3.8) is 0 Å². The van der Waals surface area contributed by atoms with Crippen LogP contribution in [0.15, 0.2) is 41.1 Å². The third kappa shape index (κ3) is 2.50. The number of fused-ring (bicyclic) bond motifs is 3. The maximum atomic E-state index is 5.90. The van der Waals surface area contributed by atoms with Crippen LogP contribution in [0.4, 0.5) is 0 Å². The van der Waals surface area contributed by atoms with Gasteiger partial charge in [-0.05, 0) is 31.4 Å². The summed E-state index contributed by atoms with van der Waals surface area (Å²) in [7, 11) is 0. The molecule has 0 bridgehead atoms. The lowest BCUT2D eigenvalue weighted by molar-refractivity contribution is 0.421. The molecule has 0 saturated heterocycles. The van der Waals surface area contributed by atoms with Gasteiger partial charge in [0.15, 0.2) is 5.82 Å². The topological polar surface area (TPSA) is 56.7 Å². The quantitative estimate of drug-likeness (QED) is 0.486. The van der Waals surface area contributed by atoms with Crippen LogP contribution in [0.25, 0.3) is 33.4 Å². The minimum Gasteiger partial charge on any atom is -0.339 e. The van der Waals surface area contributed by atoms with Gasteiger partial charge in [-0.2, -0.15) is 4.98 Å². The molecule has 0 atom stereocenters. The van der Waals surface area contributed by atoms with Gasteiger partial charge in [0.1, 0.15) is 5.69 Å². The lowest BCUT2D eigenvalue weighted by Crippen LogP contribution is -1.98. The summed E-state index contributed by atoms with van der Waals surface area (Å²) >= 11 is 5.90. The fourth-order valence-corrected chi connectivity index (χ4v) is 3.49. The number of para-hydroxylation sites is 1. The number of nitrogens with zero attached hydrogens (tertiary/aromatic N) is 4. The molecule has 1 aliphatic carbocycles. The molecule has 5 rings (SSSR count). The van der Waals surface area contributed by atoms with E-state index in [1.165, 1.54) is 10.9 Å². The number of alkyl halides is 1. The van der Waals surface area contributed by atoms with E-state index in [2.05, 4.69) is 50.0 Å². The van der Waals surface area contributed by atoms with Crippen molar-refractivity contribution < 1.29 is 4.52 Å². The number of hydrogen-bond acceptors (Lipinski definition) is 4. The molecule has 0 unspecified atom stereocenters. The predicted octanol–water partition coefficient (Wildman–Crippen LogP) is 4.75. The van der Waals surface area contributed by atoms with Crippen molar-refractivity contribution in [2.45, 2.75) is 31.7 Å². The van der Waals surface area contributed by atoms with Crippen molar-refractivity contribution >= 4 is 33.4 Å².